The Morgan fingerprint density at radius 1 is 1.45 bits per heavy atom. The van der Waals surface area contributed by atoms with Gasteiger partial charge >= 0.3 is 0 Å². The van der Waals surface area contributed by atoms with E-state index in [4.69, 9.17) is 0 Å². The molecular weight excluding hydrogens is 358 g/mol. The number of carbonyl (C=O) groups is 1. The van der Waals surface area contributed by atoms with E-state index in [-0.39, 0.29) is 18.9 Å². The van der Waals surface area contributed by atoms with Crippen molar-refractivity contribution in [2.75, 3.05) is 19.6 Å². The summed E-state index contributed by atoms with van der Waals surface area (Å²) < 4.78 is 30.9. The lowest BCUT2D eigenvalue weighted by atomic mass is 9.72. The first-order valence-corrected chi connectivity index (χ1v) is 8.16. The summed E-state index contributed by atoms with van der Waals surface area (Å²) in [7, 11) is 1.78. The zero-order chi connectivity index (χ0) is 16.0. The van der Waals surface area contributed by atoms with Crippen LogP contribution in [0.4, 0.5) is 8.78 Å². The molecule has 0 radical (unpaired) electrons. The average molecular weight is 377 g/mol. The van der Waals surface area contributed by atoms with E-state index in [9.17, 15) is 13.6 Å². The lowest BCUT2D eigenvalue weighted by Crippen LogP contribution is -2.60. The minimum atomic E-state index is -2.85. The largest absolute Gasteiger partial charge is 0.356 e. The Morgan fingerprint density at radius 2 is 2.23 bits per heavy atom. The molecule has 0 aromatic carbocycles. The lowest BCUT2D eigenvalue weighted by Gasteiger charge is -2.46. The van der Waals surface area contributed by atoms with Crippen LogP contribution in [0.15, 0.2) is 10.7 Å². The maximum atomic E-state index is 14.2. The normalized spacial score (nSPS) is 28.8. The highest BCUT2D eigenvalue weighted by atomic mass is 79.9. The molecule has 1 aromatic rings. The van der Waals surface area contributed by atoms with E-state index >= 15 is 0 Å². The number of rotatable bonds is 2. The Balaban J connectivity index is 1.84. The zero-order valence-corrected chi connectivity index (χ0v) is 14.0. The molecule has 3 rings (SSSR count). The molecule has 2 fully saturated rings. The molecule has 8 heteroatoms. The summed E-state index contributed by atoms with van der Waals surface area (Å²) in [4.78, 5) is 13.9. The number of amides is 1. The number of nitrogens with one attached hydrogen (secondary N) is 1. The van der Waals surface area contributed by atoms with E-state index in [2.05, 4.69) is 26.3 Å². The van der Waals surface area contributed by atoms with Crippen LogP contribution in [0.5, 0.6) is 0 Å². The van der Waals surface area contributed by atoms with E-state index < -0.39 is 11.3 Å². The Bertz CT molecular complexity index is 572. The Morgan fingerprint density at radius 3 is 2.86 bits per heavy atom. The van der Waals surface area contributed by atoms with Crippen LogP contribution in [0, 0.1) is 5.41 Å². The third kappa shape index (κ3) is 2.90. The molecule has 1 aromatic heterocycles. The van der Waals surface area contributed by atoms with Gasteiger partial charge in [-0.2, -0.15) is 5.10 Å². The van der Waals surface area contributed by atoms with Gasteiger partial charge in [0.05, 0.1) is 28.3 Å². The first-order valence-electron chi connectivity index (χ1n) is 7.36. The van der Waals surface area contributed by atoms with E-state index in [1.54, 1.807) is 22.8 Å². The van der Waals surface area contributed by atoms with Crippen molar-refractivity contribution in [3.63, 3.8) is 0 Å². The van der Waals surface area contributed by atoms with Gasteiger partial charge < -0.3 is 5.32 Å². The van der Waals surface area contributed by atoms with E-state index in [0.29, 0.717) is 26.1 Å². The minimum absolute atomic E-state index is 0.229. The summed E-state index contributed by atoms with van der Waals surface area (Å²) in [5.41, 5.74) is -0.130. The van der Waals surface area contributed by atoms with E-state index in [0.717, 1.165) is 16.6 Å². The summed E-state index contributed by atoms with van der Waals surface area (Å²) in [6, 6.07) is 0. The Hall–Kier alpha value is -1.02. The van der Waals surface area contributed by atoms with Crippen LogP contribution in [-0.2, 0) is 18.4 Å². The average Bonchev–Trinajstić information content (AvgIpc) is 2.72. The van der Waals surface area contributed by atoms with Gasteiger partial charge in [-0.25, -0.2) is 8.78 Å². The van der Waals surface area contributed by atoms with Crippen molar-refractivity contribution in [2.45, 2.75) is 31.7 Å². The number of aryl methyl sites for hydroxylation is 1. The van der Waals surface area contributed by atoms with Gasteiger partial charge in [0.15, 0.2) is 0 Å². The van der Waals surface area contributed by atoms with Gasteiger partial charge in [0.2, 0.25) is 5.91 Å². The maximum Gasteiger partial charge on any atom is 0.261 e. The van der Waals surface area contributed by atoms with E-state index in [1.807, 2.05) is 0 Å². The van der Waals surface area contributed by atoms with Crippen molar-refractivity contribution in [1.82, 2.24) is 20.0 Å². The van der Waals surface area contributed by atoms with Gasteiger partial charge in [0, 0.05) is 33.1 Å². The van der Waals surface area contributed by atoms with Gasteiger partial charge in [-0.05, 0) is 28.8 Å². The molecule has 1 amide bonds. The van der Waals surface area contributed by atoms with Crippen LogP contribution < -0.4 is 5.32 Å². The molecule has 1 unspecified atom stereocenters. The third-order valence-electron chi connectivity index (χ3n) is 4.56. The maximum absolute atomic E-state index is 14.2. The van der Waals surface area contributed by atoms with E-state index in [1.165, 1.54) is 0 Å². The van der Waals surface area contributed by atoms with Crippen LogP contribution >= 0.6 is 15.9 Å². The third-order valence-corrected chi connectivity index (χ3v) is 5.22. The summed E-state index contributed by atoms with van der Waals surface area (Å²) in [6.07, 6.45) is 2.58. The number of carbonyl (C=O) groups excluding carboxylic acids is 1. The number of hydrogen-bond acceptors (Lipinski definition) is 3. The molecule has 5 nitrogen and oxygen atoms in total. The van der Waals surface area contributed by atoms with Gasteiger partial charge in [0.25, 0.3) is 5.92 Å². The molecule has 0 aliphatic carbocycles. The highest BCUT2D eigenvalue weighted by Gasteiger charge is 2.53. The number of alkyl halides is 2. The van der Waals surface area contributed by atoms with Crippen LogP contribution in [-0.4, -0.2) is 46.1 Å². The van der Waals surface area contributed by atoms with Gasteiger partial charge in [-0.3, -0.25) is 14.4 Å². The summed E-state index contributed by atoms with van der Waals surface area (Å²) >= 11 is 3.40. The highest BCUT2D eigenvalue weighted by Crippen LogP contribution is 2.43. The molecule has 122 valence electrons. The SMILES string of the molecule is Cn1ncc(Br)c1CN1CC(F)(F)CC2(CCCNC2=O)C1. The van der Waals surface area contributed by atoms with Crippen LogP contribution in [0.2, 0.25) is 0 Å². The molecule has 0 saturated carbocycles. The standard InChI is InChI=1S/C14H19BrF2N4O/c1-20-11(10(15)5-19-20)6-21-8-13(7-14(16,17)9-21)3-2-4-18-12(13)22/h5H,2-4,6-9H2,1H3,(H,18,22). The Labute approximate surface area is 136 Å². The quantitative estimate of drug-likeness (QED) is 0.857. The molecule has 22 heavy (non-hydrogen) atoms. The zero-order valence-electron chi connectivity index (χ0n) is 12.4. The molecule has 1 spiro atoms. The molecule has 3 heterocycles. The van der Waals surface area contributed by atoms with Crippen molar-refractivity contribution in [1.29, 1.82) is 0 Å². The number of halogens is 3. The second kappa shape index (κ2) is 5.56. The Kier molecular flexibility index (Phi) is 4.01. The minimum Gasteiger partial charge on any atom is -0.356 e. The first-order chi connectivity index (χ1) is 10.3. The number of hydrogen-bond donors (Lipinski definition) is 1. The molecule has 1 atom stereocenters. The number of likely N-dealkylation sites (tertiary alicyclic amines) is 1. The molecule has 2 aliphatic rings. The monoisotopic (exact) mass is 376 g/mol. The number of aromatic nitrogens is 2. The van der Waals surface area contributed by atoms with Crippen molar-refractivity contribution < 1.29 is 13.6 Å². The smallest absolute Gasteiger partial charge is 0.261 e. The number of nitrogens with zero attached hydrogens (tertiary/aromatic N) is 3. The van der Waals surface area contributed by atoms with Gasteiger partial charge in [-0.1, -0.05) is 0 Å². The molecule has 0 bridgehead atoms. The van der Waals surface area contributed by atoms with Crippen molar-refractivity contribution in [2.24, 2.45) is 12.5 Å². The second-order valence-electron chi connectivity index (χ2n) is 6.38. The lowest BCUT2D eigenvalue weighted by molar-refractivity contribution is -0.158. The van der Waals surface area contributed by atoms with Crippen LogP contribution in [0.25, 0.3) is 0 Å². The first kappa shape index (κ1) is 15.9. The predicted octanol–water partition coefficient (Wildman–Crippen LogP) is 1.92. The van der Waals surface area contributed by atoms with Gasteiger partial charge in [0.1, 0.15) is 0 Å². The predicted molar refractivity (Wildman–Crippen MR) is 80.4 cm³/mol. The fourth-order valence-electron chi connectivity index (χ4n) is 3.60. The fraction of sp³-hybridized carbons (Fsp3) is 0.714. The van der Waals surface area contributed by atoms with Gasteiger partial charge in [-0.15, -0.1) is 0 Å². The topological polar surface area (TPSA) is 50.2 Å². The molecule has 1 N–H and O–H groups in total. The summed E-state index contributed by atoms with van der Waals surface area (Å²) in [5.74, 6) is -3.08. The number of piperidine rings is 2. The molecular formula is C14H19BrF2N4O. The molecule has 2 saturated heterocycles. The highest BCUT2D eigenvalue weighted by molar-refractivity contribution is 9.10. The second-order valence-corrected chi connectivity index (χ2v) is 7.23. The summed E-state index contributed by atoms with van der Waals surface area (Å²) in [5, 5.41) is 6.87. The van der Waals surface area contributed by atoms with Crippen LogP contribution in [0.1, 0.15) is 25.0 Å². The summed E-state index contributed by atoms with van der Waals surface area (Å²) in [6.45, 7) is 0.979. The van der Waals surface area contributed by atoms with Crippen LogP contribution in [0.3, 0.4) is 0 Å². The van der Waals surface area contributed by atoms with Crippen molar-refractivity contribution in [3.8, 4) is 0 Å². The molecule has 2 aliphatic heterocycles. The fourth-order valence-corrected chi connectivity index (χ4v) is 4.08. The van der Waals surface area contributed by atoms with Crippen molar-refractivity contribution >= 4 is 21.8 Å². The van der Waals surface area contributed by atoms with Crippen molar-refractivity contribution in [3.05, 3.63) is 16.4 Å².